The molecule has 22 heavy (non-hydrogen) atoms. The Kier molecular flexibility index (Phi) is 3.46. The third-order valence-corrected chi connectivity index (χ3v) is 4.76. The molecule has 0 unspecified atom stereocenters. The first-order valence-corrected chi connectivity index (χ1v) is 8.12. The van der Waals surface area contributed by atoms with Crippen LogP contribution in [0.2, 0.25) is 0 Å². The van der Waals surface area contributed by atoms with Gasteiger partial charge in [-0.25, -0.2) is 8.42 Å². The summed E-state index contributed by atoms with van der Waals surface area (Å²) in [6, 6.07) is 13.2. The van der Waals surface area contributed by atoms with E-state index in [4.69, 9.17) is 0 Å². The summed E-state index contributed by atoms with van der Waals surface area (Å²) in [6.07, 6.45) is 1.55. The Balaban J connectivity index is 2.07. The molecule has 0 aliphatic rings. The minimum absolute atomic E-state index is 0.0382. The number of anilines is 1. The van der Waals surface area contributed by atoms with E-state index in [1.165, 1.54) is 12.1 Å². The first-order chi connectivity index (χ1) is 10.5. The summed E-state index contributed by atoms with van der Waals surface area (Å²) in [6.45, 7) is 1.74. The molecule has 0 amide bonds. The number of phenolic OH excluding ortho intramolecular Hbond substituents is 1. The standard InChI is InChI=1S/C16H14N2O3S/c1-11-7-8-13(10-14(11)19)18-22(20,21)15-6-2-4-12-5-3-9-17-16(12)15/h2-10,18-19H,1H3. The first kappa shape index (κ1) is 14.3. The molecule has 0 radical (unpaired) electrons. The molecule has 2 N–H and O–H groups in total. The molecule has 5 nitrogen and oxygen atoms in total. The van der Waals surface area contributed by atoms with Gasteiger partial charge in [0.1, 0.15) is 10.6 Å². The van der Waals surface area contributed by atoms with Gasteiger partial charge in [0, 0.05) is 17.6 Å². The van der Waals surface area contributed by atoms with E-state index in [0.29, 0.717) is 16.8 Å². The van der Waals surface area contributed by atoms with E-state index >= 15 is 0 Å². The zero-order chi connectivity index (χ0) is 15.7. The van der Waals surface area contributed by atoms with Crippen LogP contribution < -0.4 is 4.72 Å². The van der Waals surface area contributed by atoms with Gasteiger partial charge in [0.15, 0.2) is 0 Å². The lowest BCUT2D eigenvalue weighted by Crippen LogP contribution is -2.13. The highest BCUT2D eigenvalue weighted by Gasteiger charge is 2.18. The van der Waals surface area contributed by atoms with Crippen molar-refractivity contribution < 1.29 is 13.5 Å². The van der Waals surface area contributed by atoms with Crippen molar-refractivity contribution in [1.29, 1.82) is 0 Å². The van der Waals surface area contributed by atoms with Crippen molar-refractivity contribution in [1.82, 2.24) is 4.98 Å². The molecule has 112 valence electrons. The topological polar surface area (TPSA) is 79.3 Å². The summed E-state index contributed by atoms with van der Waals surface area (Å²) in [5, 5.41) is 10.4. The fourth-order valence-electron chi connectivity index (χ4n) is 2.18. The molecule has 0 saturated carbocycles. The van der Waals surface area contributed by atoms with Gasteiger partial charge in [0.25, 0.3) is 10.0 Å². The monoisotopic (exact) mass is 314 g/mol. The number of fused-ring (bicyclic) bond motifs is 1. The van der Waals surface area contributed by atoms with E-state index in [2.05, 4.69) is 9.71 Å². The van der Waals surface area contributed by atoms with E-state index < -0.39 is 10.0 Å². The highest BCUT2D eigenvalue weighted by molar-refractivity contribution is 7.93. The van der Waals surface area contributed by atoms with Crippen LogP contribution in [0.1, 0.15) is 5.56 Å². The van der Waals surface area contributed by atoms with E-state index in [1.54, 1.807) is 49.5 Å². The highest BCUT2D eigenvalue weighted by atomic mass is 32.2. The number of nitrogens with one attached hydrogen (secondary N) is 1. The third-order valence-electron chi connectivity index (χ3n) is 3.35. The highest BCUT2D eigenvalue weighted by Crippen LogP contribution is 2.26. The van der Waals surface area contributed by atoms with Crippen LogP contribution in [0, 0.1) is 6.92 Å². The number of hydrogen-bond donors (Lipinski definition) is 2. The van der Waals surface area contributed by atoms with Gasteiger partial charge >= 0.3 is 0 Å². The number of nitrogens with zero attached hydrogens (tertiary/aromatic N) is 1. The number of para-hydroxylation sites is 1. The van der Waals surface area contributed by atoms with Gasteiger partial charge in [-0.05, 0) is 30.7 Å². The van der Waals surface area contributed by atoms with Crippen LogP contribution in [0.25, 0.3) is 10.9 Å². The van der Waals surface area contributed by atoms with E-state index in [-0.39, 0.29) is 10.6 Å². The van der Waals surface area contributed by atoms with Crippen molar-refractivity contribution in [2.24, 2.45) is 0 Å². The molecule has 1 aromatic heterocycles. The average Bonchev–Trinajstić information content (AvgIpc) is 2.50. The van der Waals surface area contributed by atoms with Crippen LogP contribution in [0.15, 0.2) is 59.6 Å². The number of aromatic hydroxyl groups is 1. The van der Waals surface area contributed by atoms with Gasteiger partial charge in [-0.1, -0.05) is 24.3 Å². The van der Waals surface area contributed by atoms with Crippen molar-refractivity contribution >= 4 is 26.6 Å². The van der Waals surface area contributed by atoms with Crippen LogP contribution in [0.5, 0.6) is 5.75 Å². The molecule has 0 spiro atoms. The van der Waals surface area contributed by atoms with Crippen molar-refractivity contribution in [2.75, 3.05) is 4.72 Å². The quantitative estimate of drug-likeness (QED) is 0.779. The van der Waals surface area contributed by atoms with Crippen molar-refractivity contribution in [2.45, 2.75) is 11.8 Å². The average molecular weight is 314 g/mol. The molecule has 0 saturated heterocycles. The zero-order valence-electron chi connectivity index (χ0n) is 11.8. The number of pyridine rings is 1. The predicted octanol–water partition coefficient (Wildman–Crippen LogP) is 3.05. The molecule has 6 heteroatoms. The summed E-state index contributed by atoms with van der Waals surface area (Å²) in [4.78, 5) is 4.25. The van der Waals surface area contributed by atoms with Crippen molar-refractivity contribution in [3.05, 3.63) is 60.3 Å². The van der Waals surface area contributed by atoms with Gasteiger partial charge in [0.05, 0.1) is 11.2 Å². The summed E-state index contributed by atoms with van der Waals surface area (Å²) >= 11 is 0. The van der Waals surface area contributed by atoms with Crippen molar-refractivity contribution in [3.63, 3.8) is 0 Å². The van der Waals surface area contributed by atoms with Crippen LogP contribution in [-0.2, 0) is 10.0 Å². The van der Waals surface area contributed by atoms with Gasteiger partial charge in [-0.15, -0.1) is 0 Å². The number of benzene rings is 2. The van der Waals surface area contributed by atoms with E-state index in [0.717, 1.165) is 5.39 Å². The van der Waals surface area contributed by atoms with Crippen LogP contribution in [0.3, 0.4) is 0 Å². The molecule has 0 fully saturated rings. The number of aryl methyl sites for hydroxylation is 1. The SMILES string of the molecule is Cc1ccc(NS(=O)(=O)c2cccc3cccnc23)cc1O. The van der Waals surface area contributed by atoms with Crippen LogP contribution >= 0.6 is 0 Å². The molecule has 2 aromatic carbocycles. The molecule has 0 aliphatic heterocycles. The number of phenols is 1. The predicted molar refractivity (Wildman–Crippen MR) is 85.4 cm³/mol. The fourth-order valence-corrected chi connectivity index (χ4v) is 3.41. The smallest absolute Gasteiger partial charge is 0.264 e. The lowest BCUT2D eigenvalue weighted by molar-refractivity contribution is 0.471. The second-order valence-corrected chi connectivity index (χ2v) is 6.59. The Hall–Kier alpha value is -2.60. The molecular weight excluding hydrogens is 300 g/mol. The zero-order valence-corrected chi connectivity index (χ0v) is 12.6. The Morgan fingerprint density at radius 3 is 2.64 bits per heavy atom. The minimum Gasteiger partial charge on any atom is -0.508 e. The number of aromatic nitrogens is 1. The molecular formula is C16H14N2O3S. The lowest BCUT2D eigenvalue weighted by Gasteiger charge is -2.10. The van der Waals surface area contributed by atoms with Crippen molar-refractivity contribution in [3.8, 4) is 5.75 Å². The maximum Gasteiger partial charge on any atom is 0.264 e. The van der Waals surface area contributed by atoms with E-state index in [1.807, 2.05) is 0 Å². The fraction of sp³-hybridized carbons (Fsp3) is 0.0625. The lowest BCUT2D eigenvalue weighted by atomic mass is 10.2. The summed E-state index contributed by atoms with van der Waals surface area (Å²) in [7, 11) is -3.79. The minimum atomic E-state index is -3.79. The third kappa shape index (κ3) is 2.60. The summed E-state index contributed by atoms with van der Waals surface area (Å²) in [5.41, 5.74) is 1.39. The van der Waals surface area contributed by atoms with Gasteiger partial charge in [-0.2, -0.15) is 0 Å². The molecule has 0 atom stereocenters. The maximum absolute atomic E-state index is 12.6. The molecule has 0 aliphatic carbocycles. The number of rotatable bonds is 3. The molecule has 1 heterocycles. The Morgan fingerprint density at radius 2 is 1.86 bits per heavy atom. The second kappa shape index (κ2) is 5.31. The largest absolute Gasteiger partial charge is 0.508 e. The molecule has 3 aromatic rings. The number of sulfonamides is 1. The van der Waals surface area contributed by atoms with Gasteiger partial charge in [0.2, 0.25) is 0 Å². The maximum atomic E-state index is 12.6. The first-order valence-electron chi connectivity index (χ1n) is 6.63. The van der Waals surface area contributed by atoms with Crippen LogP contribution in [0.4, 0.5) is 5.69 Å². The Labute approximate surface area is 128 Å². The normalized spacial score (nSPS) is 11.5. The molecule has 0 bridgehead atoms. The Bertz CT molecular complexity index is 947. The van der Waals surface area contributed by atoms with Gasteiger partial charge in [-0.3, -0.25) is 9.71 Å². The number of hydrogen-bond acceptors (Lipinski definition) is 4. The summed E-state index contributed by atoms with van der Waals surface area (Å²) < 4.78 is 27.6. The Morgan fingerprint density at radius 1 is 1.09 bits per heavy atom. The second-order valence-electron chi connectivity index (χ2n) is 4.94. The molecule has 3 rings (SSSR count). The summed E-state index contributed by atoms with van der Waals surface area (Å²) in [5.74, 6) is 0.0382. The van der Waals surface area contributed by atoms with Gasteiger partial charge < -0.3 is 5.11 Å². The van der Waals surface area contributed by atoms with E-state index in [9.17, 15) is 13.5 Å². The van der Waals surface area contributed by atoms with Crippen LogP contribution in [-0.4, -0.2) is 18.5 Å².